The summed E-state index contributed by atoms with van der Waals surface area (Å²) in [6.07, 6.45) is -0.255. The zero-order valence-corrected chi connectivity index (χ0v) is 25.9. The highest BCUT2D eigenvalue weighted by molar-refractivity contribution is 7.16. The van der Waals surface area contributed by atoms with Crippen LogP contribution in [0.25, 0.3) is 11.3 Å². The summed E-state index contributed by atoms with van der Waals surface area (Å²) in [6.45, 7) is 9.89. The molecule has 0 aliphatic carbocycles. The third-order valence-electron chi connectivity index (χ3n) is 7.93. The predicted molar refractivity (Wildman–Crippen MR) is 164 cm³/mol. The second-order valence-electron chi connectivity index (χ2n) is 10.9. The van der Waals surface area contributed by atoms with E-state index in [-0.39, 0.29) is 11.0 Å². The first-order chi connectivity index (χ1) is 20.6. The Bertz CT molecular complexity index is 1410. The zero-order chi connectivity index (χ0) is 30.6. The van der Waals surface area contributed by atoms with Gasteiger partial charge in [0.1, 0.15) is 5.82 Å². The number of thiazole rings is 1. The summed E-state index contributed by atoms with van der Waals surface area (Å²) < 4.78 is 46.0. The van der Waals surface area contributed by atoms with Crippen LogP contribution >= 0.6 is 22.9 Å². The van der Waals surface area contributed by atoms with E-state index in [0.717, 1.165) is 62.2 Å². The van der Waals surface area contributed by atoms with E-state index in [0.29, 0.717) is 54.4 Å². The maximum Gasteiger partial charge on any atom is 0.417 e. The lowest BCUT2D eigenvalue weighted by atomic mass is 10.1. The zero-order valence-electron chi connectivity index (χ0n) is 24.3. The Morgan fingerprint density at radius 3 is 2.65 bits per heavy atom. The summed E-state index contributed by atoms with van der Waals surface area (Å²) in [4.78, 5) is 28.7. The molecule has 2 aromatic heterocycles. The Balaban J connectivity index is 1.32. The number of alkyl halides is 3. The summed E-state index contributed by atoms with van der Waals surface area (Å²) in [7, 11) is 0. The number of rotatable bonds is 10. The predicted octanol–water partition coefficient (Wildman–Crippen LogP) is 6.68. The van der Waals surface area contributed by atoms with Gasteiger partial charge in [-0.3, -0.25) is 14.6 Å². The molecule has 4 heterocycles. The van der Waals surface area contributed by atoms with Crippen molar-refractivity contribution in [2.75, 3.05) is 56.1 Å². The molecule has 2 fully saturated rings. The third kappa shape index (κ3) is 7.97. The van der Waals surface area contributed by atoms with Crippen LogP contribution in [0.5, 0.6) is 0 Å². The highest BCUT2D eigenvalue weighted by Crippen LogP contribution is 2.40. The van der Waals surface area contributed by atoms with Crippen molar-refractivity contribution in [3.63, 3.8) is 0 Å². The van der Waals surface area contributed by atoms with Gasteiger partial charge in [0.15, 0.2) is 5.13 Å². The summed E-state index contributed by atoms with van der Waals surface area (Å²) in [5, 5.41) is 3.53. The standard InChI is InChI=1S/C30H36ClF3N6O2S/c1-3-42-27(41)9-12-38-13-15-39(16-14-38)22-8-10-35-26(18-22)36-29-37-28(25(43-29)19-40-11-4-5-20(40)2)21-6-7-24(31)23(17-21)30(32,33)34/h6-8,10,17-18,20H,3-5,9,11-16,19H2,1-2H3,(H,35,36,37)/t20-/m1/s1. The Labute approximate surface area is 258 Å². The summed E-state index contributed by atoms with van der Waals surface area (Å²) in [5.41, 5.74) is 1.04. The van der Waals surface area contributed by atoms with Gasteiger partial charge in [-0.2, -0.15) is 13.2 Å². The second kappa shape index (κ2) is 13.8. The Morgan fingerprint density at radius 1 is 1.16 bits per heavy atom. The first-order valence-electron chi connectivity index (χ1n) is 14.6. The fourth-order valence-electron chi connectivity index (χ4n) is 5.55. The van der Waals surface area contributed by atoms with Crippen LogP contribution in [0.4, 0.5) is 29.8 Å². The minimum Gasteiger partial charge on any atom is -0.466 e. The topological polar surface area (TPSA) is 73.8 Å². The number of hydrogen-bond donors (Lipinski definition) is 1. The van der Waals surface area contributed by atoms with Gasteiger partial charge in [0.05, 0.1) is 29.3 Å². The first kappa shape index (κ1) is 31.5. The number of hydrogen-bond acceptors (Lipinski definition) is 9. The average molecular weight is 637 g/mol. The summed E-state index contributed by atoms with van der Waals surface area (Å²) in [5.74, 6) is 0.436. The molecule has 13 heteroatoms. The molecule has 0 spiro atoms. The Hall–Kier alpha value is -2.93. The number of nitrogens with one attached hydrogen (secondary N) is 1. The number of benzene rings is 1. The monoisotopic (exact) mass is 636 g/mol. The van der Waals surface area contributed by atoms with Gasteiger partial charge < -0.3 is 15.0 Å². The lowest BCUT2D eigenvalue weighted by molar-refractivity contribution is -0.143. The number of carbonyl (C=O) groups is 1. The molecule has 43 heavy (non-hydrogen) atoms. The molecule has 0 unspecified atom stereocenters. The largest absolute Gasteiger partial charge is 0.466 e. The molecule has 1 N–H and O–H groups in total. The minimum absolute atomic E-state index is 0.171. The molecular formula is C30H36ClF3N6O2S. The van der Waals surface area contributed by atoms with Gasteiger partial charge in [-0.1, -0.05) is 29.0 Å². The van der Waals surface area contributed by atoms with Crippen molar-refractivity contribution < 1.29 is 22.7 Å². The fourth-order valence-corrected chi connectivity index (χ4v) is 6.79. The number of ether oxygens (including phenoxy) is 1. The molecule has 2 aliphatic rings. The van der Waals surface area contributed by atoms with Crippen LogP contribution in [-0.4, -0.2) is 77.7 Å². The molecule has 5 rings (SSSR count). The number of nitrogens with zero attached hydrogens (tertiary/aromatic N) is 5. The average Bonchev–Trinajstić information content (AvgIpc) is 3.57. The van der Waals surface area contributed by atoms with Gasteiger partial charge in [0, 0.05) is 73.7 Å². The van der Waals surface area contributed by atoms with Gasteiger partial charge in [-0.15, -0.1) is 0 Å². The number of aromatic nitrogens is 2. The van der Waals surface area contributed by atoms with Crippen molar-refractivity contribution in [2.45, 2.75) is 51.9 Å². The van der Waals surface area contributed by atoms with E-state index in [1.807, 2.05) is 19.1 Å². The molecule has 0 amide bonds. The molecule has 2 aliphatic heterocycles. The normalized spacial score (nSPS) is 18.3. The Kier molecular flexibility index (Phi) is 10.1. The first-order valence-corrected chi connectivity index (χ1v) is 15.8. The molecule has 0 bridgehead atoms. The van der Waals surface area contributed by atoms with Crippen molar-refractivity contribution in [1.82, 2.24) is 19.8 Å². The van der Waals surface area contributed by atoms with Gasteiger partial charge in [0.2, 0.25) is 0 Å². The quantitative estimate of drug-likeness (QED) is 0.247. The second-order valence-corrected chi connectivity index (χ2v) is 12.3. The minimum atomic E-state index is -4.56. The van der Waals surface area contributed by atoms with E-state index in [1.54, 1.807) is 12.3 Å². The smallest absolute Gasteiger partial charge is 0.417 e. The van der Waals surface area contributed by atoms with Crippen molar-refractivity contribution >= 4 is 45.5 Å². The van der Waals surface area contributed by atoms with E-state index in [2.05, 4.69) is 31.9 Å². The molecule has 0 saturated carbocycles. The van der Waals surface area contributed by atoms with Crippen LogP contribution in [0, 0.1) is 0 Å². The molecule has 3 aromatic rings. The molecule has 2 saturated heterocycles. The van der Waals surface area contributed by atoms with Crippen LogP contribution in [-0.2, 0) is 22.3 Å². The van der Waals surface area contributed by atoms with E-state index < -0.39 is 11.7 Å². The van der Waals surface area contributed by atoms with E-state index >= 15 is 0 Å². The van der Waals surface area contributed by atoms with Crippen LogP contribution in [0.15, 0.2) is 36.5 Å². The molecule has 1 aromatic carbocycles. The maximum atomic E-state index is 13.7. The van der Waals surface area contributed by atoms with Gasteiger partial charge in [0.25, 0.3) is 0 Å². The number of likely N-dealkylation sites (tertiary alicyclic amines) is 1. The highest BCUT2D eigenvalue weighted by Gasteiger charge is 2.34. The van der Waals surface area contributed by atoms with Crippen molar-refractivity contribution in [2.24, 2.45) is 0 Å². The third-order valence-corrected chi connectivity index (χ3v) is 9.22. The lowest BCUT2D eigenvalue weighted by Crippen LogP contribution is -2.47. The Morgan fingerprint density at radius 2 is 1.95 bits per heavy atom. The maximum absolute atomic E-state index is 13.7. The summed E-state index contributed by atoms with van der Waals surface area (Å²) >= 11 is 7.34. The lowest BCUT2D eigenvalue weighted by Gasteiger charge is -2.36. The number of halogens is 4. The van der Waals surface area contributed by atoms with Crippen LogP contribution in [0.1, 0.15) is 43.6 Å². The SMILES string of the molecule is CCOC(=O)CCN1CCN(c2ccnc(Nc3nc(-c4ccc(Cl)c(C(F)(F)F)c4)c(CN4CCC[C@H]4C)s3)c2)CC1. The van der Waals surface area contributed by atoms with Crippen molar-refractivity contribution in [3.8, 4) is 11.3 Å². The van der Waals surface area contributed by atoms with Crippen LogP contribution in [0.2, 0.25) is 5.02 Å². The molecule has 1 atom stereocenters. The highest BCUT2D eigenvalue weighted by atomic mass is 35.5. The van der Waals surface area contributed by atoms with E-state index in [4.69, 9.17) is 21.3 Å². The number of piperazine rings is 1. The van der Waals surface area contributed by atoms with Gasteiger partial charge >= 0.3 is 12.1 Å². The molecule has 0 radical (unpaired) electrons. The fraction of sp³-hybridized carbons (Fsp3) is 0.500. The molecule has 8 nitrogen and oxygen atoms in total. The van der Waals surface area contributed by atoms with Crippen LogP contribution < -0.4 is 10.2 Å². The number of esters is 1. The van der Waals surface area contributed by atoms with E-state index in [9.17, 15) is 18.0 Å². The molecular weight excluding hydrogens is 601 g/mol. The molecule has 232 valence electrons. The van der Waals surface area contributed by atoms with Crippen molar-refractivity contribution in [1.29, 1.82) is 0 Å². The van der Waals surface area contributed by atoms with E-state index in [1.165, 1.54) is 17.4 Å². The van der Waals surface area contributed by atoms with Crippen molar-refractivity contribution in [3.05, 3.63) is 52.0 Å². The summed E-state index contributed by atoms with van der Waals surface area (Å²) in [6, 6.07) is 8.28. The van der Waals surface area contributed by atoms with Gasteiger partial charge in [-0.05, 0) is 51.4 Å². The number of anilines is 3. The number of carbonyl (C=O) groups excluding carboxylic acids is 1. The van der Waals surface area contributed by atoms with Gasteiger partial charge in [-0.25, -0.2) is 9.97 Å². The van der Waals surface area contributed by atoms with Crippen LogP contribution in [0.3, 0.4) is 0 Å². The number of pyridine rings is 1.